The molecule has 1 fully saturated rings. The summed E-state index contributed by atoms with van der Waals surface area (Å²) in [7, 11) is 1.56. The molecule has 0 saturated carbocycles. The van der Waals surface area contributed by atoms with E-state index in [0.717, 1.165) is 24.0 Å². The van der Waals surface area contributed by atoms with Crippen molar-refractivity contribution in [3.05, 3.63) is 76.1 Å². The lowest BCUT2D eigenvalue weighted by Crippen LogP contribution is -2.32. The van der Waals surface area contributed by atoms with E-state index in [4.69, 9.17) is 30.7 Å². The fourth-order valence-corrected chi connectivity index (χ4v) is 4.39. The van der Waals surface area contributed by atoms with Crippen LogP contribution in [-0.2, 0) is 29.0 Å². The van der Waals surface area contributed by atoms with E-state index in [0.29, 0.717) is 41.1 Å². The van der Waals surface area contributed by atoms with E-state index < -0.39 is 5.97 Å². The maximum absolute atomic E-state index is 13.2. The Morgan fingerprint density at radius 1 is 1.20 bits per heavy atom. The molecule has 0 aliphatic carbocycles. The number of benzene rings is 2. The van der Waals surface area contributed by atoms with Gasteiger partial charge in [-0.3, -0.25) is 9.59 Å². The quantitative estimate of drug-likeness (QED) is 0.426. The molecule has 2 aromatic carbocycles. The van der Waals surface area contributed by atoms with Gasteiger partial charge in [0.05, 0.1) is 26.0 Å². The average Bonchev–Trinajstić information content (AvgIpc) is 3.52. The maximum atomic E-state index is 13.2. The molecular formula is C26H27ClN2O6. The number of aromatic nitrogens is 1. The fourth-order valence-electron chi connectivity index (χ4n) is 4.19. The van der Waals surface area contributed by atoms with Crippen LogP contribution in [0.25, 0.3) is 0 Å². The van der Waals surface area contributed by atoms with Crippen LogP contribution >= 0.6 is 11.6 Å². The van der Waals surface area contributed by atoms with Crippen LogP contribution < -0.4 is 9.47 Å². The topological polar surface area (TPSA) is 102 Å². The maximum Gasteiger partial charge on any atom is 0.303 e. The van der Waals surface area contributed by atoms with Crippen molar-refractivity contribution < 1.29 is 28.7 Å². The number of amides is 1. The van der Waals surface area contributed by atoms with Crippen LogP contribution in [0.1, 0.15) is 47.9 Å². The summed E-state index contributed by atoms with van der Waals surface area (Å²) in [6.45, 7) is 0.937. The van der Waals surface area contributed by atoms with E-state index in [9.17, 15) is 9.59 Å². The Hall–Kier alpha value is -3.52. The largest absolute Gasteiger partial charge is 0.493 e. The number of carbonyl (C=O) groups excluding carboxylic acids is 1. The Bertz CT molecular complexity index is 1190. The van der Waals surface area contributed by atoms with Crippen LogP contribution in [0.15, 0.2) is 53.1 Å². The number of carboxylic acids is 1. The van der Waals surface area contributed by atoms with Crippen molar-refractivity contribution >= 4 is 23.5 Å². The van der Waals surface area contributed by atoms with Crippen molar-refractivity contribution in [3.8, 4) is 11.5 Å². The summed E-state index contributed by atoms with van der Waals surface area (Å²) < 4.78 is 16.7. The molecule has 0 spiro atoms. The lowest BCUT2D eigenvalue weighted by Gasteiger charge is -2.23. The molecule has 1 aromatic heterocycles. The van der Waals surface area contributed by atoms with Gasteiger partial charge in [-0.25, -0.2) is 0 Å². The Kier molecular flexibility index (Phi) is 7.92. The lowest BCUT2D eigenvalue weighted by atomic mass is 10.1. The molecule has 1 aliphatic rings. The first-order valence-electron chi connectivity index (χ1n) is 11.4. The predicted octanol–water partition coefficient (Wildman–Crippen LogP) is 4.84. The highest BCUT2D eigenvalue weighted by molar-refractivity contribution is 6.31. The Morgan fingerprint density at radius 3 is 2.80 bits per heavy atom. The zero-order valence-electron chi connectivity index (χ0n) is 19.4. The third-order valence-electron chi connectivity index (χ3n) is 6.00. The van der Waals surface area contributed by atoms with Crippen LogP contribution in [0.2, 0.25) is 5.02 Å². The van der Waals surface area contributed by atoms with Crippen molar-refractivity contribution in [2.45, 2.75) is 44.8 Å². The standard InChI is InChI=1S/C26H27ClN2O6/c1-33-24-13-17(8-10-23(24)34-16-18-5-2-3-6-20(18)27)14-25(30)29-12-4-7-22(29)21-15-19(35-28-21)9-11-26(31)32/h2-3,5-6,8,10,13,15,22H,4,7,9,11-12,14,16H2,1H3,(H,31,32). The number of likely N-dealkylation sites (tertiary alicyclic amines) is 1. The number of nitrogens with zero attached hydrogens (tertiary/aromatic N) is 2. The van der Waals surface area contributed by atoms with Crippen LogP contribution in [0.4, 0.5) is 0 Å². The molecule has 0 bridgehead atoms. The van der Waals surface area contributed by atoms with E-state index in [1.54, 1.807) is 19.2 Å². The first kappa shape index (κ1) is 24.6. The average molecular weight is 499 g/mol. The predicted molar refractivity (Wildman–Crippen MR) is 129 cm³/mol. The fraction of sp³-hybridized carbons (Fsp3) is 0.346. The van der Waals surface area contributed by atoms with Crippen LogP contribution in [0.5, 0.6) is 11.5 Å². The number of methoxy groups -OCH3 is 1. The molecule has 1 amide bonds. The molecule has 35 heavy (non-hydrogen) atoms. The molecule has 4 rings (SSSR count). The third-order valence-corrected chi connectivity index (χ3v) is 6.37. The van der Waals surface area contributed by atoms with Gasteiger partial charge in [0.15, 0.2) is 11.5 Å². The minimum Gasteiger partial charge on any atom is -0.493 e. The number of rotatable bonds is 10. The molecule has 1 aliphatic heterocycles. The van der Waals surface area contributed by atoms with Gasteiger partial charge in [0, 0.05) is 29.6 Å². The van der Waals surface area contributed by atoms with Crippen molar-refractivity contribution in [2.24, 2.45) is 0 Å². The van der Waals surface area contributed by atoms with E-state index in [-0.39, 0.29) is 31.2 Å². The van der Waals surface area contributed by atoms with Gasteiger partial charge < -0.3 is 24.0 Å². The highest BCUT2D eigenvalue weighted by atomic mass is 35.5. The van der Waals surface area contributed by atoms with Gasteiger partial charge in [-0.05, 0) is 36.6 Å². The summed E-state index contributed by atoms with van der Waals surface area (Å²) in [6, 6.07) is 14.5. The van der Waals surface area contributed by atoms with Gasteiger partial charge in [-0.15, -0.1) is 0 Å². The summed E-state index contributed by atoms with van der Waals surface area (Å²) in [5, 5.41) is 13.6. The van der Waals surface area contributed by atoms with Crippen molar-refractivity contribution in [2.75, 3.05) is 13.7 Å². The van der Waals surface area contributed by atoms with Gasteiger partial charge >= 0.3 is 5.97 Å². The second-order valence-corrected chi connectivity index (χ2v) is 8.81. The number of carbonyl (C=O) groups is 2. The highest BCUT2D eigenvalue weighted by Crippen LogP contribution is 2.34. The van der Waals surface area contributed by atoms with Crippen LogP contribution in [-0.4, -0.2) is 40.7 Å². The lowest BCUT2D eigenvalue weighted by molar-refractivity contribution is -0.137. The smallest absolute Gasteiger partial charge is 0.303 e. The SMILES string of the molecule is COc1cc(CC(=O)N2CCCC2c2cc(CCC(=O)O)on2)ccc1OCc1ccccc1Cl. The number of ether oxygens (including phenoxy) is 2. The summed E-state index contributed by atoms with van der Waals surface area (Å²) in [6.07, 6.45) is 2.11. The van der Waals surface area contributed by atoms with Crippen LogP contribution in [0, 0.1) is 0 Å². The molecule has 2 heterocycles. The van der Waals surface area contributed by atoms with Gasteiger partial charge in [0.25, 0.3) is 0 Å². The Balaban J connectivity index is 1.40. The van der Waals surface area contributed by atoms with Gasteiger partial charge in [0.2, 0.25) is 5.91 Å². The Morgan fingerprint density at radius 2 is 2.03 bits per heavy atom. The summed E-state index contributed by atoms with van der Waals surface area (Å²) in [5.41, 5.74) is 2.34. The zero-order valence-corrected chi connectivity index (χ0v) is 20.2. The third kappa shape index (κ3) is 6.14. The molecule has 9 heteroatoms. The summed E-state index contributed by atoms with van der Waals surface area (Å²) >= 11 is 6.21. The molecule has 1 saturated heterocycles. The number of halogens is 1. The summed E-state index contributed by atoms with van der Waals surface area (Å²) in [4.78, 5) is 25.8. The van der Waals surface area contributed by atoms with E-state index in [1.807, 2.05) is 41.3 Å². The molecule has 1 unspecified atom stereocenters. The van der Waals surface area contributed by atoms with E-state index >= 15 is 0 Å². The van der Waals surface area contributed by atoms with E-state index in [2.05, 4.69) is 5.16 Å². The number of hydrogen-bond acceptors (Lipinski definition) is 6. The van der Waals surface area contributed by atoms with Gasteiger partial charge in [-0.1, -0.05) is 41.0 Å². The summed E-state index contributed by atoms with van der Waals surface area (Å²) in [5.74, 6) is 0.712. The van der Waals surface area contributed by atoms with E-state index in [1.165, 1.54) is 0 Å². The van der Waals surface area contributed by atoms with Crippen LogP contribution in [0.3, 0.4) is 0 Å². The monoisotopic (exact) mass is 498 g/mol. The first-order valence-corrected chi connectivity index (χ1v) is 11.8. The molecule has 8 nitrogen and oxygen atoms in total. The normalized spacial score (nSPS) is 15.3. The molecule has 0 radical (unpaired) electrons. The zero-order chi connectivity index (χ0) is 24.8. The van der Waals surface area contributed by atoms with Gasteiger partial charge in [0.1, 0.15) is 18.1 Å². The second-order valence-electron chi connectivity index (χ2n) is 8.40. The molecule has 1 N–H and O–H groups in total. The number of carboxylic acid groups (broad SMARTS) is 1. The molecule has 184 valence electrons. The number of hydrogen-bond donors (Lipinski definition) is 1. The van der Waals surface area contributed by atoms with Crippen molar-refractivity contribution in [1.29, 1.82) is 0 Å². The minimum atomic E-state index is -0.892. The highest BCUT2D eigenvalue weighted by Gasteiger charge is 2.32. The van der Waals surface area contributed by atoms with Gasteiger partial charge in [-0.2, -0.15) is 0 Å². The molecule has 1 atom stereocenters. The number of aryl methyl sites for hydroxylation is 1. The Labute approximate surface area is 208 Å². The minimum absolute atomic E-state index is 0.0191. The molecule has 3 aromatic rings. The second kappa shape index (κ2) is 11.3. The first-order chi connectivity index (χ1) is 16.9. The van der Waals surface area contributed by atoms with Crippen molar-refractivity contribution in [1.82, 2.24) is 10.1 Å². The van der Waals surface area contributed by atoms with Crippen molar-refractivity contribution in [3.63, 3.8) is 0 Å². The molecular weight excluding hydrogens is 472 g/mol. The number of aliphatic carboxylic acids is 1.